The molecule has 30 heavy (non-hydrogen) atoms. The summed E-state index contributed by atoms with van der Waals surface area (Å²) in [6.07, 6.45) is -0.670. The van der Waals surface area contributed by atoms with E-state index in [0.29, 0.717) is 5.69 Å². The third-order valence-electron chi connectivity index (χ3n) is 3.93. The number of benzene rings is 2. The molecule has 11 heteroatoms. The van der Waals surface area contributed by atoms with Crippen molar-refractivity contribution in [3.63, 3.8) is 0 Å². The third-order valence-corrected chi connectivity index (χ3v) is 4.15. The van der Waals surface area contributed by atoms with Crippen molar-refractivity contribution >= 4 is 29.3 Å². The Balaban J connectivity index is 1.65. The molecule has 0 bridgehead atoms. The zero-order valence-electron chi connectivity index (χ0n) is 16.0. The molecule has 0 spiro atoms. The molecule has 10 nitrogen and oxygen atoms in total. The topological polar surface area (TPSA) is 131 Å². The number of methoxy groups -OCH3 is 1. The Bertz CT molecular complexity index is 984. The second kappa shape index (κ2) is 10.3. The average molecular weight is 431 g/mol. The van der Waals surface area contributed by atoms with Crippen LogP contribution >= 0.6 is 11.6 Å². The highest BCUT2D eigenvalue weighted by atomic mass is 35.5. The number of carbonyl (C=O) groups is 2. The number of anilines is 1. The Kier molecular flexibility index (Phi) is 7.30. The van der Waals surface area contributed by atoms with Gasteiger partial charge in [-0.05, 0) is 23.8 Å². The van der Waals surface area contributed by atoms with E-state index in [2.05, 4.69) is 31.3 Å². The lowest BCUT2D eigenvalue weighted by Crippen LogP contribution is -2.32. The summed E-state index contributed by atoms with van der Waals surface area (Å²) in [5.41, 5.74) is 1.39. The summed E-state index contributed by atoms with van der Waals surface area (Å²) in [5, 5.41) is 19.1. The van der Waals surface area contributed by atoms with Crippen LogP contribution in [0.4, 0.5) is 10.5 Å². The number of nitrogens with zero attached hydrogens (tertiary/aromatic N) is 3. The lowest BCUT2D eigenvalue weighted by molar-refractivity contribution is 0.0891. The van der Waals surface area contributed by atoms with Gasteiger partial charge in [0.05, 0.1) is 6.61 Å². The predicted molar refractivity (Wildman–Crippen MR) is 108 cm³/mol. The van der Waals surface area contributed by atoms with Gasteiger partial charge in [0.2, 0.25) is 0 Å². The number of nitrogens with one attached hydrogen (secondary N) is 3. The van der Waals surface area contributed by atoms with Crippen LogP contribution in [0, 0.1) is 0 Å². The number of aromatic nitrogens is 4. The van der Waals surface area contributed by atoms with E-state index in [4.69, 9.17) is 21.1 Å². The third kappa shape index (κ3) is 6.00. The van der Waals surface area contributed by atoms with E-state index >= 15 is 0 Å². The molecule has 0 aliphatic heterocycles. The number of tetrazole rings is 1. The van der Waals surface area contributed by atoms with Crippen molar-refractivity contribution in [1.82, 2.24) is 25.9 Å². The summed E-state index contributed by atoms with van der Waals surface area (Å²) in [7, 11) is 1.49. The summed E-state index contributed by atoms with van der Waals surface area (Å²) in [5.74, 6) is -0.180. The largest absolute Gasteiger partial charge is 0.444 e. The molecule has 0 aliphatic carbocycles. The van der Waals surface area contributed by atoms with E-state index in [1.807, 2.05) is 30.3 Å². The van der Waals surface area contributed by atoms with Crippen LogP contribution in [0.2, 0.25) is 5.02 Å². The number of rotatable bonds is 8. The highest BCUT2D eigenvalue weighted by molar-refractivity contribution is 6.31. The highest BCUT2D eigenvalue weighted by Crippen LogP contribution is 2.20. The Morgan fingerprint density at radius 2 is 2.00 bits per heavy atom. The SMILES string of the molecule is COC[C@H](NC(=O)c1cc(Cl)cc(NC(=O)OCc2ccccc2)c1)c1nn[nH]n1. The summed E-state index contributed by atoms with van der Waals surface area (Å²) in [6.45, 7) is 0.257. The number of hydrogen-bond acceptors (Lipinski definition) is 7. The summed E-state index contributed by atoms with van der Waals surface area (Å²) in [6, 6.07) is 13.1. The van der Waals surface area contributed by atoms with Gasteiger partial charge in [0.25, 0.3) is 5.91 Å². The Morgan fingerprint density at radius 3 is 2.70 bits per heavy atom. The lowest BCUT2D eigenvalue weighted by Gasteiger charge is -2.15. The molecule has 3 rings (SSSR count). The molecule has 156 valence electrons. The van der Waals surface area contributed by atoms with Gasteiger partial charge >= 0.3 is 6.09 Å². The van der Waals surface area contributed by atoms with Gasteiger partial charge in [-0.1, -0.05) is 47.1 Å². The minimum absolute atomic E-state index is 0.115. The second-order valence-corrected chi connectivity index (χ2v) is 6.60. The number of aromatic amines is 1. The van der Waals surface area contributed by atoms with Crippen molar-refractivity contribution in [1.29, 1.82) is 0 Å². The van der Waals surface area contributed by atoms with Crippen LogP contribution in [0.3, 0.4) is 0 Å². The van der Waals surface area contributed by atoms with Gasteiger partial charge < -0.3 is 14.8 Å². The second-order valence-electron chi connectivity index (χ2n) is 6.17. The van der Waals surface area contributed by atoms with Crippen LogP contribution in [0.1, 0.15) is 27.8 Å². The molecule has 0 radical (unpaired) electrons. The van der Waals surface area contributed by atoms with E-state index in [0.717, 1.165) is 5.56 Å². The van der Waals surface area contributed by atoms with Gasteiger partial charge in [0.15, 0.2) is 5.82 Å². The van der Waals surface area contributed by atoms with Crippen LogP contribution < -0.4 is 10.6 Å². The maximum atomic E-state index is 12.7. The van der Waals surface area contributed by atoms with Gasteiger partial charge in [0.1, 0.15) is 12.6 Å². The maximum absolute atomic E-state index is 12.7. The molecule has 0 saturated carbocycles. The average Bonchev–Trinajstić information content (AvgIpc) is 3.27. The van der Waals surface area contributed by atoms with Gasteiger partial charge in [-0.2, -0.15) is 5.21 Å². The normalized spacial score (nSPS) is 11.5. The summed E-state index contributed by atoms with van der Waals surface area (Å²) in [4.78, 5) is 24.7. The first-order valence-electron chi connectivity index (χ1n) is 8.86. The summed E-state index contributed by atoms with van der Waals surface area (Å²) < 4.78 is 10.3. The molecule has 3 N–H and O–H groups in total. The Morgan fingerprint density at radius 1 is 1.20 bits per heavy atom. The zero-order chi connectivity index (χ0) is 21.3. The van der Waals surface area contributed by atoms with Crippen LogP contribution in [0.5, 0.6) is 0 Å². The number of hydrogen-bond donors (Lipinski definition) is 3. The Labute approximate surface area is 176 Å². The molecule has 1 heterocycles. The van der Waals surface area contributed by atoms with Crippen molar-refractivity contribution in [2.45, 2.75) is 12.6 Å². The van der Waals surface area contributed by atoms with Gasteiger partial charge in [-0.15, -0.1) is 10.2 Å². The number of ether oxygens (including phenoxy) is 2. The number of carbonyl (C=O) groups excluding carboxylic acids is 2. The fourth-order valence-electron chi connectivity index (χ4n) is 2.58. The quantitative estimate of drug-likeness (QED) is 0.500. The minimum atomic E-state index is -0.670. The fraction of sp³-hybridized carbons (Fsp3) is 0.211. The van der Waals surface area contributed by atoms with Crippen LogP contribution in [0.15, 0.2) is 48.5 Å². The molecular formula is C19H19ClN6O4. The van der Waals surface area contributed by atoms with Crippen molar-refractivity contribution in [3.8, 4) is 0 Å². The molecule has 0 saturated heterocycles. The summed E-state index contributed by atoms with van der Waals surface area (Å²) >= 11 is 6.11. The van der Waals surface area contributed by atoms with E-state index in [-0.39, 0.29) is 29.6 Å². The molecule has 0 unspecified atom stereocenters. The molecule has 1 aromatic heterocycles. The van der Waals surface area contributed by atoms with E-state index in [1.165, 1.54) is 25.3 Å². The predicted octanol–water partition coefficient (Wildman–Crippen LogP) is 2.72. The van der Waals surface area contributed by atoms with Gasteiger partial charge in [0, 0.05) is 23.4 Å². The maximum Gasteiger partial charge on any atom is 0.411 e. The van der Waals surface area contributed by atoms with Crippen molar-refractivity contribution in [3.05, 3.63) is 70.5 Å². The molecule has 2 aromatic carbocycles. The number of halogens is 1. The van der Waals surface area contributed by atoms with Crippen molar-refractivity contribution in [2.24, 2.45) is 0 Å². The fourth-order valence-corrected chi connectivity index (χ4v) is 2.81. The molecule has 1 atom stereocenters. The molecule has 3 aromatic rings. The zero-order valence-corrected chi connectivity index (χ0v) is 16.7. The Hall–Kier alpha value is -3.50. The first kappa shape index (κ1) is 21.2. The minimum Gasteiger partial charge on any atom is -0.444 e. The first-order chi connectivity index (χ1) is 14.5. The van der Waals surface area contributed by atoms with E-state index < -0.39 is 18.0 Å². The molecule has 0 aliphatic rings. The van der Waals surface area contributed by atoms with Crippen LogP contribution in [-0.4, -0.2) is 46.3 Å². The van der Waals surface area contributed by atoms with Crippen molar-refractivity contribution in [2.75, 3.05) is 19.0 Å². The van der Waals surface area contributed by atoms with E-state index in [9.17, 15) is 9.59 Å². The first-order valence-corrected chi connectivity index (χ1v) is 9.24. The van der Waals surface area contributed by atoms with E-state index in [1.54, 1.807) is 0 Å². The number of H-pyrrole nitrogens is 1. The number of amides is 2. The van der Waals surface area contributed by atoms with Crippen molar-refractivity contribution < 1.29 is 19.1 Å². The molecular weight excluding hydrogens is 412 g/mol. The van der Waals surface area contributed by atoms with Gasteiger partial charge in [-0.25, -0.2) is 4.79 Å². The molecule has 2 amide bonds. The lowest BCUT2D eigenvalue weighted by atomic mass is 10.1. The van der Waals surface area contributed by atoms with Crippen LogP contribution in [0.25, 0.3) is 0 Å². The standard InChI is InChI=1S/C19H19ClN6O4/c1-29-11-16(17-23-25-26-24-17)22-18(27)13-7-14(20)9-15(8-13)21-19(28)30-10-12-5-3-2-4-6-12/h2-9,16H,10-11H2,1H3,(H,21,28)(H,22,27)(H,23,24,25,26)/t16-/m0/s1. The smallest absolute Gasteiger partial charge is 0.411 e. The monoisotopic (exact) mass is 430 g/mol. The van der Waals surface area contributed by atoms with Crippen LogP contribution in [-0.2, 0) is 16.1 Å². The van der Waals surface area contributed by atoms with Gasteiger partial charge in [-0.3, -0.25) is 10.1 Å². The molecule has 0 fully saturated rings. The highest BCUT2D eigenvalue weighted by Gasteiger charge is 2.20.